The predicted octanol–water partition coefficient (Wildman–Crippen LogP) is 2.93. The van der Waals surface area contributed by atoms with E-state index in [0.29, 0.717) is 24.4 Å². The van der Waals surface area contributed by atoms with Crippen LogP contribution in [0, 0.1) is 0 Å². The second-order valence-corrected chi connectivity index (χ2v) is 7.34. The van der Waals surface area contributed by atoms with Crippen molar-refractivity contribution in [3.63, 3.8) is 0 Å². The van der Waals surface area contributed by atoms with Crippen LogP contribution >= 0.6 is 0 Å². The van der Waals surface area contributed by atoms with Crippen molar-refractivity contribution in [2.75, 3.05) is 39.8 Å². The molecule has 1 aliphatic rings. The maximum atomic E-state index is 12.3. The van der Waals surface area contributed by atoms with E-state index >= 15 is 0 Å². The zero-order valence-electron chi connectivity index (χ0n) is 18.3. The minimum Gasteiger partial charge on any atom is -0.497 e. The number of para-hydroxylation sites is 1. The Labute approximate surface area is 184 Å². The van der Waals surface area contributed by atoms with Gasteiger partial charge in [-0.25, -0.2) is 0 Å². The van der Waals surface area contributed by atoms with Crippen LogP contribution in [0.1, 0.15) is 30.1 Å². The van der Waals surface area contributed by atoms with Gasteiger partial charge in [0.25, 0.3) is 5.91 Å². The second-order valence-electron chi connectivity index (χ2n) is 7.34. The summed E-state index contributed by atoms with van der Waals surface area (Å²) in [4.78, 5) is 19.3. The number of guanidine groups is 1. The molecule has 1 aliphatic heterocycles. The van der Waals surface area contributed by atoms with Crippen LogP contribution in [0.5, 0.6) is 11.5 Å². The van der Waals surface area contributed by atoms with E-state index in [9.17, 15) is 4.79 Å². The van der Waals surface area contributed by atoms with Crippen LogP contribution < -0.4 is 20.1 Å². The van der Waals surface area contributed by atoms with E-state index in [1.807, 2.05) is 36.4 Å². The summed E-state index contributed by atoms with van der Waals surface area (Å²) in [6, 6.07) is 17.1. The molecule has 166 valence electrons. The van der Waals surface area contributed by atoms with Crippen molar-refractivity contribution in [2.45, 2.75) is 25.9 Å². The molecule has 31 heavy (non-hydrogen) atoms. The highest BCUT2D eigenvalue weighted by molar-refractivity contribution is 5.94. The molecule has 3 rings (SSSR count). The van der Waals surface area contributed by atoms with Crippen molar-refractivity contribution in [3.8, 4) is 11.5 Å². The summed E-state index contributed by atoms with van der Waals surface area (Å²) in [6.45, 7) is 5.62. The number of hydrogen-bond acceptors (Lipinski definition) is 4. The van der Waals surface area contributed by atoms with Crippen LogP contribution in [0.3, 0.4) is 0 Å². The molecule has 2 aromatic carbocycles. The summed E-state index contributed by atoms with van der Waals surface area (Å²) < 4.78 is 11.3. The maximum absolute atomic E-state index is 12.3. The van der Waals surface area contributed by atoms with Gasteiger partial charge in [0, 0.05) is 44.6 Å². The van der Waals surface area contributed by atoms with E-state index in [1.54, 1.807) is 25.3 Å². The Balaban J connectivity index is 1.46. The topological polar surface area (TPSA) is 75.2 Å². The second kappa shape index (κ2) is 11.8. The summed E-state index contributed by atoms with van der Waals surface area (Å²) >= 11 is 0. The Morgan fingerprint density at radius 3 is 2.52 bits per heavy atom. The van der Waals surface area contributed by atoms with Gasteiger partial charge in [0.1, 0.15) is 17.6 Å². The first-order valence-corrected chi connectivity index (χ1v) is 10.9. The molecule has 0 aliphatic carbocycles. The summed E-state index contributed by atoms with van der Waals surface area (Å²) in [5.41, 5.74) is 0.579. The first kappa shape index (κ1) is 22.5. The van der Waals surface area contributed by atoms with Gasteiger partial charge in [0.15, 0.2) is 5.96 Å². The fraction of sp³-hybridized carbons (Fsp3) is 0.417. The number of ether oxygens (including phenoxy) is 2. The van der Waals surface area contributed by atoms with Gasteiger partial charge in [-0.1, -0.05) is 24.3 Å². The van der Waals surface area contributed by atoms with Crippen LogP contribution in [0.4, 0.5) is 0 Å². The number of piperidine rings is 1. The van der Waals surface area contributed by atoms with E-state index in [2.05, 4.69) is 22.5 Å². The van der Waals surface area contributed by atoms with Gasteiger partial charge in [-0.05, 0) is 37.3 Å². The average Bonchev–Trinajstić information content (AvgIpc) is 2.82. The van der Waals surface area contributed by atoms with Crippen molar-refractivity contribution >= 4 is 11.9 Å². The first-order valence-electron chi connectivity index (χ1n) is 10.9. The molecule has 2 N–H and O–H groups in total. The number of carbonyl (C=O) groups excluding carboxylic acids is 1. The van der Waals surface area contributed by atoms with E-state index in [-0.39, 0.29) is 12.0 Å². The van der Waals surface area contributed by atoms with E-state index < -0.39 is 0 Å². The number of nitrogens with zero attached hydrogens (tertiary/aromatic N) is 2. The summed E-state index contributed by atoms with van der Waals surface area (Å²) in [5.74, 6) is 2.35. The third-order valence-electron chi connectivity index (χ3n) is 5.11. The maximum Gasteiger partial charge on any atom is 0.251 e. The molecule has 0 atom stereocenters. The van der Waals surface area contributed by atoms with Gasteiger partial charge in [-0.2, -0.15) is 0 Å². The Morgan fingerprint density at radius 2 is 1.81 bits per heavy atom. The Bertz CT molecular complexity index is 849. The summed E-state index contributed by atoms with van der Waals surface area (Å²) in [6.07, 6.45) is 2.13. The fourth-order valence-electron chi connectivity index (χ4n) is 3.50. The lowest BCUT2D eigenvalue weighted by Crippen LogP contribution is -2.47. The van der Waals surface area contributed by atoms with Crippen molar-refractivity contribution in [2.24, 2.45) is 4.99 Å². The number of rotatable bonds is 8. The molecule has 1 heterocycles. The van der Waals surface area contributed by atoms with Gasteiger partial charge in [-0.3, -0.25) is 9.79 Å². The first-order chi connectivity index (χ1) is 15.2. The van der Waals surface area contributed by atoms with Crippen LogP contribution in [0.15, 0.2) is 59.6 Å². The number of aliphatic imine (C=N–C) groups is 1. The van der Waals surface area contributed by atoms with Gasteiger partial charge >= 0.3 is 0 Å². The fourth-order valence-corrected chi connectivity index (χ4v) is 3.50. The molecule has 1 fully saturated rings. The third-order valence-corrected chi connectivity index (χ3v) is 5.11. The number of nitrogens with one attached hydrogen (secondary N) is 2. The number of methoxy groups -OCH3 is 1. The standard InChI is InChI=1S/C24H32N4O3/c1-3-25-24(27-15-14-26-23(29)19-8-7-11-22(18-19)30-2)28-16-12-21(13-17-28)31-20-9-5-4-6-10-20/h4-11,18,21H,3,12-17H2,1-2H3,(H,25,27)(H,26,29). The normalized spacial score (nSPS) is 14.8. The lowest BCUT2D eigenvalue weighted by atomic mass is 10.1. The van der Waals surface area contributed by atoms with Crippen LogP contribution in [0.25, 0.3) is 0 Å². The highest BCUT2D eigenvalue weighted by Crippen LogP contribution is 2.18. The van der Waals surface area contributed by atoms with Crippen LogP contribution in [-0.2, 0) is 0 Å². The van der Waals surface area contributed by atoms with Gasteiger partial charge in [0.2, 0.25) is 0 Å². The minimum absolute atomic E-state index is 0.127. The zero-order valence-corrected chi connectivity index (χ0v) is 18.3. The van der Waals surface area contributed by atoms with Gasteiger partial charge < -0.3 is 25.0 Å². The molecule has 0 spiro atoms. The van der Waals surface area contributed by atoms with Gasteiger partial charge in [-0.15, -0.1) is 0 Å². The monoisotopic (exact) mass is 424 g/mol. The quantitative estimate of drug-likeness (QED) is 0.387. The average molecular weight is 425 g/mol. The summed E-state index contributed by atoms with van der Waals surface area (Å²) in [5, 5.41) is 6.27. The van der Waals surface area contributed by atoms with Crippen molar-refractivity contribution < 1.29 is 14.3 Å². The smallest absolute Gasteiger partial charge is 0.251 e. The van der Waals surface area contributed by atoms with Crippen molar-refractivity contribution in [1.82, 2.24) is 15.5 Å². The van der Waals surface area contributed by atoms with Crippen LogP contribution in [0.2, 0.25) is 0 Å². The highest BCUT2D eigenvalue weighted by atomic mass is 16.5. The Hall–Kier alpha value is -3.22. The zero-order chi connectivity index (χ0) is 21.9. The molecule has 0 saturated carbocycles. The molecule has 7 heteroatoms. The molecule has 1 saturated heterocycles. The number of benzene rings is 2. The Kier molecular flexibility index (Phi) is 8.58. The molecular weight excluding hydrogens is 392 g/mol. The summed E-state index contributed by atoms with van der Waals surface area (Å²) in [7, 11) is 1.59. The molecule has 7 nitrogen and oxygen atoms in total. The van der Waals surface area contributed by atoms with Crippen molar-refractivity contribution in [1.29, 1.82) is 0 Å². The lowest BCUT2D eigenvalue weighted by Gasteiger charge is -2.34. The third kappa shape index (κ3) is 6.91. The minimum atomic E-state index is -0.127. The van der Waals surface area contributed by atoms with E-state index in [0.717, 1.165) is 44.2 Å². The SMILES string of the molecule is CCNC(=NCCNC(=O)c1cccc(OC)c1)N1CCC(Oc2ccccc2)CC1. The van der Waals surface area contributed by atoms with E-state index in [1.165, 1.54) is 0 Å². The van der Waals surface area contributed by atoms with E-state index in [4.69, 9.17) is 14.5 Å². The number of likely N-dealkylation sites (tertiary alicyclic amines) is 1. The molecule has 0 unspecified atom stereocenters. The molecule has 0 aromatic heterocycles. The molecule has 2 aromatic rings. The number of hydrogen-bond donors (Lipinski definition) is 2. The van der Waals surface area contributed by atoms with Gasteiger partial charge in [0.05, 0.1) is 13.7 Å². The number of amides is 1. The Morgan fingerprint density at radius 1 is 1.06 bits per heavy atom. The largest absolute Gasteiger partial charge is 0.497 e. The lowest BCUT2D eigenvalue weighted by molar-refractivity contribution is 0.0954. The molecule has 1 amide bonds. The molecule has 0 bridgehead atoms. The number of carbonyl (C=O) groups is 1. The predicted molar refractivity (Wildman–Crippen MR) is 123 cm³/mol. The van der Waals surface area contributed by atoms with Crippen LogP contribution in [-0.4, -0.2) is 62.7 Å². The molecule has 0 radical (unpaired) electrons. The highest BCUT2D eigenvalue weighted by Gasteiger charge is 2.22. The van der Waals surface area contributed by atoms with Crippen molar-refractivity contribution in [3.05, 3.63) is 60.2 Å². The molecular formula is C24H32N4O3.